The van der Waals surface area contributed by atoms with E-state index in [1.165, 1.54) is 5.56 Å². The molecule has 0 saturated carbocycles. The van der Waals surface area contributed by atoms with E-state index in [9.17, 15) is 4.39 Å². The molecule has 0 aromatic heterocycles. The molecular formula is C15H24FN3. The van der Waals surface area contributed by atoms with Gasteiger partial charge in [0.25, 0.3) is 0 Å². The second-order valence-corrected chi connectivity index (χ2v) is 5.61. The maximum Gasteiger partial charge on any atom is 0.123 e. The molecule has 1 aliphatic heterocycles. The van der Waals surface area contributed by atoms with Crippen LogP contribution in [0.1, 0.15) is 18.0 Å². The Balaban J connectivity index is 2.09. The third kappa shape index (κ3) is 3.75. The molecule has 1 fully saturated rings. The Labute approximate surface area is 115 Å². The van der Waals surface area contributed by atoms with Crippen LogP contribution in [0.4, 0.5) is 4.39 Å². The molecule has 1 N–H and O–H groups in total. The minimum atomic E-state index is -0.169. The van der Waals surface area contributed by atoms with E-state index in [2.05, 4.69) is 36.3 Å². The average molecular weight is 265 g/mol. The first kappa shape index (κ1) is 14.4. The van der Waals surface area contributed by atoms with Crippen LogP contribution in [0.15, 0.2) is 24.3 Å². The highest BCUT2D eigenvalue weighted by molar-refractivity contribution is 5.20. The van der Waals surface area contributed by atoms with Gasteiger partial charge in [-0.3, -0.25) is 0 Å². The highest BCUT2D eigenvalue weighted by Gasteiger charge is 2.24. The number of hydrogen-bond donors (Lipinski definition) is 1. The number of nitrogens with one attached hydrogen (secondary N) is 1. The summed E-state index contributed by atoms with van der Waals surface area (Å²) in [6.07, 6.45) is 1.06. The Morgan fingerprint density at radius 1 is 1.37 bits per heavy atom. The summed E-state index contributed by atoms with van der Waals surface area (Å²) in [4.78, 5) is 4.63. The molecule has 1 heterocycles. The van der Waals surface area contributed by atoms with Crippen LogP contribution < -0.4 is 5.32 Å². The van der Waals surface area contributed by atoms with Crippen molar-refractivity contribution in [1.29, 1.82) is 0 Å². The molecule has 3 nitrogen and oxygen atoms in total. The molecule has 0 amide bonds. The predicted molar refractivity (Wildman–Crippen MR) is 76.7 cm³/mol. The van der Waals surface area contributed by atoms with Crippen LogP contribution in [0.5, 0.6) is 0 Å². The van der Waals surface area contributed by atoms with Crippen LogP contribution in [0.25, 0.3) is 0 Å². The Bertz CT molecular complexity index is 391. The zero-order chi connectivity index (χ0) is 13.8. The van der Waals surface area contributed by atoms with Crippen molar-refractivity contribution in [3.63, 3.8) is 0 Å². The Kier molecular flexibility index (Phi) is 4.91. The predicted octanol–water partition coefficient (Wildman–Crippen LogP) is 1.72. The smallest absolute Gasteiger partial charge is 0.123 e. The van der Waals surface area contributed by atoms with Gasteiger partial charge in [-0.1, -0.05) is 12.1 Å². The summed E-state index contributed by atoms with van der Waals surface area (Å²) >= 11 is 0. The number of likely N-dealkylation sites (N-methyl/N-ethyl adjacent to an activating group) is 1. The lowest BCUT2D eigenvalue weighted by Gasteiger charge is -2.37. The van der Waals surface area contributed by atoms with Gasteiger partial charge in [-0.15, -0.1) is 0 Å². The first-order chi connectivity index (χ1) is 9.08. The minimum absolute atomic E-state index is 0.169. The van der Waals surface area contributed by atoms with Gasteiger partial charge in [-0.05, 0) is 45.3 Å². The zero-order valence-corrected chi connectivity index (χ0v) is 12.1. The van der Waals surface area contributed by atoms with Crippen LogP contribution in [0, 0.1) is 5.82 Å². The Hall–Kier alpha value is -0.970. The molecule has 0 bridgehead atoms. The van der Waals surface area contributed by atoms with Crippen LogP contribution in [-0.4, -0.2) is 56.6 Å². The highest BCUT2D eigenvalue weighted by Crippen LogP contribution is 2.25. The molecule has 106 valence electrons. The van der Waals surface area contributed by atoms with Crippen molar-refractivity contribution in [1.82, 2.24) is 15.1 Å². The quantitative estimate of drug-likeness (QED) is 0.894. The SMILES string of the molecule is CN(C)C(CC1CNCCN1C)c1ccc(F)cc1. The van der Waals surface area contributed by atoms with Gasteiger partial charge in [0.05, 0.1) is 0 Å². The summed E-state index contributed by atoms with van der Waals surface area (Å²) in [5.41, 5.74) is 1.19. The largest absolute Gasteiger partial charge is 0.314 e. The van der Waals surface area contributed by atoms with Gasteiger partial charge in [-0.2, -0.15) is 0 Å². The van der Waals surface area contributed by atoms with E-state index in [1.807, 2.05) is 12.1 Å². The summed E-state index contributed by atoms with van der Waals surface area (Å²) in [5, 5.41) is 3.45. The van der Waals surface area contributed by atoms with E-state index in [-0.39, 0.29) is 5.82 Å². The highest BCUT2D eigenvalue weighted by atomic mass is 19.1. The second-order valence-electron chi connectivity index (χ2n) is 5.61. The number of benzene rings is 1. The fourth-order valence-corrected chi connectivity index (χ4v) is 2.71. The van der Waals surface area contributed by atoms with Gasteiger partial charge in [0.1, 0.15) is 5.82 Å². The maximum atomic E-state index is 13.0. The lowest BCUT2D eigenvalue weighted by atomic mass is 9.96. The van der Waals surface area contributed by atoms with Crippen LogP contribution in [0.3, 0.4) is 0 Å². The molecule has 0 spiro atoms. The number of hydrogen-bond acceptors (Lipinski definition) is 3. The number of piperazine rings is 1. The van der Waals surface area contributed by atoms with Crippen molar-refractivity contribution in [2.75, 3.05) is 40.8 Å². The molecule has 19 heavy (non-hydrogen) atoms. The number of nitrogens with zero attached hydrogens (tertiary/aromatic N) is 2. The van der Waals surface area contributed by atoms with Crippen molar-refractivity contribution < 1.29 is 4.39 Å². The second kappa shape index (κ2) is 6.46. The van der Waals surface area contributed by atoms with Gasteiger partial charge in [0.2, 0.25) is 0 Å². The first-order valence-corrected chi connectivity index (χ1v) is 6.91. The average Bonchev–Trinajstić information content (AvgIpc) is 2.39. The topological polar surface area (TPSA) is 18.5 Å². The van der Waals surface area contributed by atoms with Crippen molar-refractivity contribution in [2.45, 2.75) is 18.5 Å². The van der Waals surface area contributed by atoms with Crippen LogP contribution in [-0.2, 0) is 0 Å². The molecule has 2 rings (SSSR count). The summed E-state index contributed by atoms with van der Waals surface area (Å²) in [7, 11) is 6.36. The molecule has 4 heteroatoms. The van der Waals surface area contributed by atoms with Gasteiger partial charge < -0.3 is 15.1 Å². The minimum Gasteiger partial charge on any atom is -0.314 e. The third-order valence-corrected chi connectivity index (χ3v) is 4.02. The number of rotatable bonds is 4. The summed E-state index contributed by atoms with van der Waals surface area (Å²) in [6.45, 7) is 3.19. The van der Waals surface area contributed by atoms with Gasteiger partial charge in [-0.25, -0.2) is 4.39 Å². The lowest BCUT2D eigenvalue weighted by Crippen LogP contribution is -2.50. The van der Waals surface area contributed by atoms with Gasteiger partial charge in [0, 0.05) is 31.7 Å². The van der Waals surface area contributed by atoms with Crippen molar-refractivity contribution in [3.05, 3.63) is 35.6 Å². The summed E-state index contributed by atoms with van der Waals surface area (Å²) < 4.78 is 13.0. The fourth-order valence-electron chi connectivity index (χ4n) is 2.71. The van der Waals surface area contributed by atoms with Crippen molar-refractivity contribution >= 4 is 0 Å². The maximum absolute atomic E-state index is 13.0. The molecule has 0 aliphatic carbocycles. The van der Waals surface area contributed by atoms with Crippen molar-refractivity contribution in [3.8, 4) is 0 Å². The van der Waals surface area contributed by atoms with E-state index < -0.39 is 0 Å². The van der Waals surface area contributed by atoms with E-state index in [0.717, 1.165) is 26.1 Å². The lowest BCUT2D eigenvalue weighted by molar-refractivity contribution is 0.149. The Morgan fingerprint density at radius 2 is 2.05 bits per heavy atom. The van der Waals surface area contributed by atoms with Gasteiger partial charge in [0.15, 0.2) is 0 Å². The fraction of sp³-hybridized carbons (Fsp3) is 0.600. The standard InChI is InChI=1S/C15H24FN3/c1-18(2)15(12-4-6-13(16)7-5-12)10-14-11-17-8-9-19(14)3/h4-7,14-15,17H,8-11H2,1-3H3. The molecule has 2 atom stereocenters. The molecule has 0 radical (unpaired) electrons. The van der Waals surface area contributed by atoms with Crippen LogP contribution >= 0.6 is 0 Å². The van der Waals surface area contributed by atoms with E-state index >= 15 is 0 Å². The van der Waals surface area contributed by atoms with E-state index in [1.54, 1.807) is 12.1 Å². The van der Waals surface area contributed by atoms with Crippen LogP contribution in [0.2, 0.25) is 0 Å². The molecule has 1 saturated heterocycles. The molecule has 1 aromatic carbocycles. The zero-order valence-electron chi connectivity index (χ0n) is 12.1. The number of halogens is 1. The molecule has 2 unspecified atom stereocenters. The van der Waals surface area contributed by atoms with E-state index in [4.69, 9.17) is 0 Å². The molecule has 1 aromatic rings. The first-order valence-electron chi connectivity index (χ1n) is 6.91. The third-order valence-electron chi connectivity index (χ3n) is 4.02. The normalized spacial score (nSPS) is 22.7. The summed E-state index contributed by atoms with van der Waals surface area (Å²) in [5.74, 6) is -0.169. The van der Waals surface area contributed by atoms with E-state index in [0.29, 0.717) is 12.1 Å². The monoisotopic (exact) mass is 265 g/mol. The molecular weight excluding hydrogens is 241 g/mol. The van der Waals surface area contributed by atoms with Gasteiger partial charge >= 0.3 is 0 Å². The summed E-state index contributed by atoms with van der Waals surface area (Å²) in [6, 6.07) is 7.76. The van der Waals surface area contributed by atoms with Crippen molar-refractivity contribution in [2.24, 2.45) is 0 Å². The molecule has 1 aliphatic rings. The Morgan fingerprint density at radius 3 is 2.63 bits per heavy atom.